The maximum Gasteiger partial charge on any atom is 0.233 e. The van der Waals surface area contributed by atoms with Crippen LogP contribution >= 0.6 is 0 Å². The highest BCUT2D eigenvalue weighted by atomic mass is 16.4. The van der Waals surface area contributed by atoms with Gasteiger partial charge in [-0.2, -0.15) is 0 Å². The molecular weight excluding hydrogens is 242 g/mol. The van der Waals surface area contributed by atoms with Crippen molar-refractivity contribution in [2.24, 2.45) is 28.1 Å². The van der Waals surface area contributed by atoms with E-state index in [4.69, 9.17) is 10.9 Å². The van der Waals surface area contributed by atoms with Crippen molar-refractivity contribution in [2.75, 3.05) is 6.54 Å². The van der Waals surface area contributed by atoms with Crippen molar-refractivity contribution >= 4 is 11.7 Å². The summed E-state index contributed by atoms with van der Waals surface area (Å²) in [6.45, 7) is 6.90. The van der Waals surface area contributed by atoms with Crippen molar-refractivity contribution in [2.45, 2.75) is 52.9 Å². The molecule has 110 valence electrons. The number of hydrogen-bond acceptors (Lipinski definition) is 3. The van der Waals surface area contributed by atoms with E-state index in [9.17, 15) is 4.79 Å². The smallest absolute Gasteiger partial charge is 0.233 e. The van der Waals surface area contributed by atoms with Gasteiger partial charge in [0.15, 0.2) is 5.84 Å². The molecular formula is C14H27N3O2. The van der Waals surface area contributed by atoms with Gasteiger partial charge in [-0.25, -0.2) is 0 Å². The normalized spacial score (nSPS) is 23.2. The zero-order valence-electron chi connectivity index (χ0n) is 12.3. The Morgan fingerprint density at radius 3 is 2.32 bits per heavy atom. The fourth-order valence-electron chi connectivity index (χ4n) is 2.75. The fourth-order valence-corrected chi connectivity index (χ4v) is 2.75. The first-order valence-corrected chi connectivity index (χ1v) is 7.28. The highest BCUT2D eigenvalue weighted by molar-refractivity contribution is 6.06. The fraction of sp³-hybridized carbons (Fsp3) is 0.857. The van der Waals surface area contributed by atoms with Crippen LogP contribution in [-0.2, 0) is 4.79 Å². The largest absolute Gasteiger partial charge is 0.409 e. The van der Waals surface area contributed by atoms with Crippen LogP contribution in [0.4, 0.5) is 0 Å². The standard InChI is InChI=1S/C14H27N3O2/c1-4-6-14(7-5-2,12(15)17-19)13(18)16-9-11-8-10(11)3/h10-11,19H,4-9H2,1-3H3,(H2,15,17)(H,16,18). The number of nitrogens with two attached hydrogens (primary N) is 1. The first-order chi connectivity index (χ1) is 9.01. The van der Waals surface area contributed by atoms with Crippen LogP contribution < -0.4 is 11.1 Å². The second-order valence-corrected chi connectivity index (χ2v) is 5.75. The molecule has 0 radical (unpaired) electrons. The molecule has 1 aliphatic carbocycles. The van der Waals surface area contributed by atoms with Crippen molar-refractivity contribution in [1.82, 2.24) is 5.32 Å². The lowest BCUT2D eigenvalue weighted by Crippen LogP contribution is -2.50. The van der Waals surface area contributed by atoms with Gasteiger partial charge in [-0.1, -0.05) is 38.8 Å². The lowest BCUT2D eigenvalue weighted by atomic mass is 9.77. The summed E-state index contributed by atoms with van der Waals surface area (Å²) in [5.41, 5.74) is 4.96. The third-order valence-electron chi connectivity index (χ3n) is 4.19. The number of hydrogen-bond donors (Lipinski definition) is 3. The predicted octanol–water partition coefficient (Wildman–Crippen LogP) is 2.09. The van der Waals surface area contributed by atoms with Gasteiger partial charge in [0.1, 0.15) is 5.41 Å². The Hall–Kier alpha value is -1.26. The van der Waals surface area contributed by atoms with Crippen LogP contribution in [0, 0.1) is 17.3 Å². The number of amidine groups is 1. The lowest BCUT2D eigenvalue weighted by molar-refractivity contribution is -0.128. The van der Waals surface area contributed by atoms with Gasteiger partial charge in [0.2, 0.25) is 5.91 Å². The molecule has 5 heteroatoms. The molecule has 1 aliphatic rings. The van der Waals surface area contributed by atoms with Gasteiger partial charge in [0.05, 0.1) is 0 Å². The summed E-state index contributed by atoms with van der Waals surface area (Å²) in [5, 5.41) is 15.1. The van der Waals surface area contributed by atoms with E-state index in [0.29, 0.717) is 31.2 Å². The van der Waals surface area contributed by atoms with Crippen LogP contribution in [-0.4, -0.2) is 23.5 Å². The Bertz CT molecular complexity index is 336. The Labute approximate surface area is 115 Å². The topological polar surface area (TPSA) is 87.7 Å². The quantitative estimate of drug-likeness (QED) is 0.273. The second kappa shape index (κ2) is 6.78. The summed E-state index contributed by atoms with van der Waals surface area (Å²) in [4.78, 5) is 12.5. The van der Waals surface area contributed by atoms with Crippen LogP contribution in [0.1, 0.15) is 52.9 Å². The summed E-state index contributed by atoms with van der Waals surface area (Å²) in [7, 11) is 0. The molecule has 19 heavy (non-hydrogen) atoms. The molecule has 0 aromatic rings. The van der Waals surface area contributed by atoms with Gasteiger partial charge >= 0.3 is 0 Å². The molecule has 1 fully saturated rings. The van der Waals surface area contributed by atoms with Gasteiger partial charge in [0.25, 0.3) is 0 Å². The van der Waals surface area contributed by atoms with Crippen LogP contribution in [0.15, 0.2) is 5.16 Å². The summed E-state index contributed by atoms with van der Waals surface area (Å²) in [6, 6.07) is 0. The maximum absolute atomic E-state index is 12.5. The van der Waals surface area contributed by atoms with E-state index in [-0.39, 0.29) is 11.7 Å². The summed E-state index contributed by atoms with van der Waals surface area (Å²) in [5.74, 6) is 1.25. The zero-order chi connectivity index (χ0) is 14.5. The minimum absolute atomic E-state index is 0.0394. The van der Waals surface area contributed by atoms with Crippen molar-refractivity contribution in [3.8, 4) is 0 Å². The Balaban J connectivity index is 2.76. The minimum atomic E-state index is -0.851. The van der Waals surface area contributed by atoms with Crippen molar-refractivity contribution in [1.29, 1.82) is 0 Å². The third kappa shape index (κ3) is 3.61. The lowest BCUT2D eigenvalue weighted by Gasteiger charge is -2.30. The van der Waals surface area contributed by atoms with Crippen molar-refractivity contribution in [3.05, 3.63) is 0 Å². The molecule has 0 spiro atoms. The molecule has 0 aromatic carbocycles. The van der Waals surface area contributed by atoms with Crippen molar-refractivity contribution in [3.63, 3.8) is 0 Å². The number of oxime groups is 1. The first kappa shape index (κ1) is 15.8. The van der Waals surface area contributed by atoms with Crippen LogP contribution in [0.25, 0.3) is 0 Å². The number of amides is 1. The van der Waals surface area contributed by atoms with Crippen molar-refractivity contribution < 1.29 is 10.0 Å². The first-order valence-electron chi connectivity index (χ1n) is 7.28. The highest BCUT2D eigenvalue weighted by Crippen LogP contribution is 2.37. The minimum Gasteiger partial charge on any atom is -0.409 e. The molecule has 5 nitrogen and oxygen atoms in total. The van der Waals surface area contributed by atoms with E-state index in [1.807, 2.05) is 13.8 Å². The average molecular weight is 269 g/mol. The number of rotatable bonds is 8. The molecule has 2 atom stereocenters. The van der Waals surface area contributed by atoms with Gasteiger partial charge in [-0.15, -0.1) is 0 Å². The molecule has 0 saturated heterocycles. The zero-order valence-corrected chi connectivity index (χ0v) is 12.3. The number of carbonyl (C=O) groups is 1. The van der Waals surface area contributed by atoms with Gasteiger partial charge in [-0.3, -0.25) is 4.79 Å². The number of carbonyl (C=O) groups excluding carboxylic acids is 1. The highest BCUT2D eigenvalue weighted by Gasteiger charge is 2.42. The molecule has 0 heterocycles. The second-order valence-electron chi connectivity index (χ2n) is 5.75. The molecule has 1 saturated carbocycles. The van der Waals surface area contributed by atoms with E-state index in [1.165, 1.54) is 6.42 Å². The number of nitrogens with one attached hydrogen (secondary N) is 1. The van der Waals surface area contributed by atoms with Gasteiger partial charge < -0.3 is 16.3 Å². The van der Waals surface area contributed by atoms with E-state index in [0.717, 1.165) is 12.8 Å². The average Bonchev–Trinajstić information content (AvgIpc) is 3.10. The maximum atomic E-state index is 12.5. The van der Waals surface area contributed by atoms with Gasteiger partial charge in [-0.05, 0) is 31.1 Å². The summed E-state index contributed by atoms with van der Waals surface area (Å²) < 4.78 is 0. The SMILES string of the molecule is CCCC(CCC)(C(=O)NCC1CC1C)C(N)=NO. The molecule has 1 amide bonds. The van der Waals surface area contributed by atoms with E-state index in [2.05, 4.69) is 17.4 Å². The molecule has 4 N–H and O–H groups in total. The van der Waals surface area contributed by atoms with Crippen LogP contribution in [0.2, 0.25) is 0 Å². The molecule has 0 aliphatic heterocycles. The molecule has 0 aromatic heterocycles. The Morgan fingerprint density at radius 2 is 1.95 bits per heavy atom. The summed E-state index contributed by atoms with van der Waals surface area (Å²) >= 11 is 0. The van der Waals surface area contributed by atoms with Crippen LogP contribution in [0.5, 0.6) is 0 Å². The van der Waals surface area contributed by atoms with Crippen LogP contribution in [0.3, 0.4) is 0 Å². The van der Waals surface area contributed by atoms with E-state index < -0.39 is 5.41 Å². The van der Waals surface area contributed by atoms with Gasteiger partial charge in [0, 0.05) is 6.54 Å². The Kier molecular flexibility index (Phi) is 5.63. The predicted molar refractivity (Wildman–Crippen MR) is 75.9 cm³/mol. The number of nitrogens with zero attached hydrogens (tertiary/aromatic N) is 1. The summed E-state index contributed by atoms with van der Waals surface area (Å²) in [6.07, 6.45) is 4.05. The molecule has 0 bridgehead atoms. The molecule has 2 unspecified atom stereocenters. The molecule has 1 rings (SSSR count). The van der Waals surface area contributed by atoms with E-state index >= 15 is 0 Å². The van der Waals surface area contributed by atoms with E-state index in [1.54, 1.807) is 0 Å². The monoisotopic (exact) mass is 269 g/mol. The Morgan fingerprint density at radius 1 is 1.42 bits per heavy atom. The third-order valence-corrected chi connectivity index (χ3v) is 4.19.